The lowest BCUT2D eigenvalue weighted by atomic mass is 9.33. The molecule has 2 saturated heterocycles. The van der Waals surface area contributed by atoms with E-state index >= 15 is 0 Å². The number of esters is 1. The summed E-state index contributed by atoms with van der Waals surface area (Å²) in [5.74, 6) is 0.144. The highest BCUT2D eigenvalue weighted by atomic mass is 35.6. The number of aldehydes is 2. The highest BCUT2D eigenvalue weighted by molar-refractivity contribution is 6.76. The van der Waals surface area contributed by atoms with Crippen LogP contribution in [0.1, 0.15) is 282 Å². The summed E-state index contributed by atoms with van der Waals surface area (Å²) in [6.45, 7) is 49.5. The van der Waals surface area contributed by atoms with Crippen molar-refractivity contribution < 1.29 is 72.6 Å². The molecule has 13 unspecified atom stereocenters. The Morgan fingerprint density at radius 3 is 1.32 bits per heavy atom. The fourth-order valence-corrected chi connectivity index (χ4v) is 26.6. The molecule has 0 radical (unpaired) electrons. The number of fused-ring (bicyclic) bond motifs is 14. The lowest BCUT2D eigenvalue weighted by molar-refractivity contribution is -0.306. The monoisotopic (exact) mass is 1550 g/mol. The van der Waals surface area contributed by atoms with Gasteiger partial charge in [0.1, 0.15) is 36.3 Å². The number of ether oxygens (including phenoxy) is 5. The third kappa shape index (κ3) is 13.7. The highest BCUT2D eigenvalue weighted by Gasteiger charge is 2.74. The summed E-state index contributed by atoms with van der Waals surface area (Å²) in [5, 5.41) is 42.4. The number of hydrogen-bond acceptors (Lipinski definition) is 16. The number of rotatable bonds is 10. The Labute approximate surface area is 656 Å². The fraction of sp³-hybridized carbons (Fsp3) is 0.864. The minimum atomic E-state index is -1.93. The summed E-state index contributed by atoms with van der Waals surface area (Å²) in [7, 11) is 0. The number of hydrogen-bond donors (Lipinski definition) is 4. The van der Waals surface area contributed by atoms with E-state index < -0.39 is 92.1 Å². The van der Waals surface area contributed by atoms with Crippen LogP contribution in [-0.4, -0.2) is 122 Å². The molecular weight excluding hydrogens is 1420 g/mol. The second kappa shape index (κ2) is 29.1. The number of carbonyl (C=O) groups is 7. The number of carbonyl (C=O) groups excluding carboxylic acids is 7. The van der Waals surface area contributed by atoms with Gasteiger partial charge in [0.05, 0.1) is 51.5 Å². The molecule has 0 aromatic carbocycles. The van der Waals surface area contributed by atoms with E-state index in [9.17, 15) is 48.9 Å². The number of Topliss-reactive ketones (excluding diaryl/α,β-unsaturated/α-hetero) is 4. The molecule has 2 aliphatic heterocycles. The van der Waals surface area contributed by atoms with Crippen LogP contribution >= 0.6 is 34.8 Å². The Balaban J connectivity index is 0.000000193. The zero-order valence-electron chi connectivity index (χ0n) is 69.5. The van der Waals surface area contributed by atoms with Crippen molar-refractivity contribution in [1.29, 1.82) is 5.41 Å². The minimum absolute atomic E-state index is 0.0139. The lowest BCUT2D eigenvalue weighted by Crippen LogP contribution is -2.68. The summed E-state index contributed by atoms with van der Waals surface area (Å²) in [5.41, 5.74) is -1.34. The van der Waals surface area contributed by atoms with Gasteiger partial charge in [0.2, 0.25) is 12.2 Å². The zero-order valence-corrected chi connectivity index (χ0v) is 71.7. The number of allylic oxidation sites excluding steroid dienone is 4. The van der Waals surface area contributed by atoms with E-state index in [1.165, 1.54) is 25.0 Å². The van der Waals surface area contributed by atoms with Crippen LogP contribution in [0.15, 0.2) is 23.3 Å². The van der Waals surface area contributed by atoms with Gasteiger partial charge in [-0.25, -0.2) is 0 Å². The molecule has 0 bridgehead atoms. The number of alkyl halides is 3. The fourth-order valence-electron chi connectivity index (χ4n) is 26.5. The van der Waals surface area contributed by atoms with Crippen LogP contribution < -0.4 is 0 Å². The molecule has 10 fully saturated rings. The Kier molecular flexibility index (Phi) is 23.5. The average Bonchev–Trinajstić information content (AvgIpc) is 0.676. The first-order valence-corrected chi connectivity index (χ1v) is 42.1. The Morgan fingerprint density at radius 2 is 0.916 bits per heavy atom. The maximum Gasteiger partial charge on any atom is 0.311 e. The molecule has 12 rings (SSSR count). The van der Waals surface area contributed by atoms with Gasteiger partial charge in [-0.15, -0.1) is 0 Å². The molecule has 107 heavy (non-hydrogen) atoms. The van der Waals surface area contributed by atoms with Crippen molar-refractivity contribution in [1.82, 2.24) is 0 Å². The molecule has 0 spiro atoms. The average molecular weight is 1550 g/mol. The number of halogens is 3. The van der Waals surface area contributed by atoms with Gasteiger partial charge in [-0.2, -0.15) is 0 Å². The molecule has 8 saturated carbocycles. The highest BCUT2D eigenvalue weighted by Crippen LogP contribution is 2.78. The van der Waals surface area contributed by atoms with Crippen LogP contribution in [0, 0.1) is 141 Å². The van der Waals surface area contributed by atoms with Gasteiger partial charge in [-0.05, 0) is 261 Å². The summed E-state index contributed by atoms with van der Waals surface area (Å²) in [4.78, 5) is 90.3. The summed E-state index contributed by atoms with van der Waals surface area (Å²) in [6.07, 6.45) is 16.2. The van der Waals surface area contributed by atoms with E-state index in [4.69, 9.17) is 63.9 Å². The van der Waals surface area contributed by atoms with Crippen molar-refractivity contribution in [2.75, 3.05) is 0 Å². The van der Waals surface area contributed by atoms with Crippen LogP contribution in [0.3, 0.4) is 0 Å². The van der Waals surface area contributed by atoms with Gasteiger partial charge < -0.3 is 48.6 Å². The molecular formula is C88H136Cl3NO15. The van der Waals surface area contributed by atoms with Crippen LogP contribution in [0.25, 0.3) is 0 Å². The van der Waals surface area contributed by atoms with E-state index in [0.717, 1.165) is 102 Å². The first kappa shape index (κ1) is 86.5. The van der Waals surface area contributed by atoms with Crippen molar-refractivity contribution in [3.8, 4) is 0 Å². The quantitative estimate of drug-likeness (QED) is 0.0302. The van der Waals surface area contributed by atoms with Gasteiger partial charge in [-0.3, -0.25) is 29.4 Å². The molecule has 0 aromatic heterocycles. The zero-order chi connectivity index (χ0) is 80.3. The normalized spacial score (nSPS) is 48.7. The molecule has 12 aliphatic rings. The van der Waals surface area contributed by atoms with Crippen LogP contribution in [0.2, 0.25) is 0 Å². The van der Waals surface area contributed by atoms with Gasteiger partial charge in [0, 0.05) is 11.8 Å². The Bertz CT molecular complexity index is 3540. The summed E-state index contributed by atoms with van der Waals surface area (Å²) in [6, 6.07) is 0. The van der Waals surface area contributed by atoms with Gasteiger partial charge in [0.15, 0.2) is 24.0 Å². The second-order valence-corrected chi connectivity index (χ2v) is 44.0. The first-order chi connectivity index (χ1) is 49.0. The standard InChI is InChI=1S/C45H70O8.C31H48O4.C12H18Cl3NO3/c1-25-26(2)36(53-38(50)39(5,6)7)37(52-35(25)27(3)47)51-34-17-18-41(10)31(42(34,11)24-46)16-19-43(12)32(41)15-14-29-30-22-40(8,9)20-21-45(30,28(4)48)33(49)23-44(29,43)13;1-19(33)31-15-14-26(2,3)16-21(31)20-8-9-23-27(4)12-11-24(34)28(5,18-32)22(27)10-13-29(23,6)30(20,7)17-25(31)35;1-5-6(2)9(8(4)17)18-10(7(5)3)19-11(16)12(13,14)15/h14,24-26,30-37,49H,15-23H2,1-13H3;8,18,21-25,34-35H,9-17H2,1-7H3;5-7,9-10,16H,1-4H3/t25?,26-,30?,31-,32?,33?,34+,35?,36+,37-,41?,42-,43+,44-,45-;21?,22-,23?,24+,25?,27?,28-,29+,30-,31-;5-,6-,7?,9?,10?/m110/s1. The lowest BCUT2D eigenvalue weighted by Gasteiger charge is -2.71. The third-order valence-electron chi connectivity index (χ3n) is 34.2. The number of aliphatic hydroxyl groups is 3. The Hall–Kier alpha value is -2.93. The van der Waals surface area contributed by atoms with Crippen molar-refractivity contribution in [2.45, 2.75) is 341 Å². The number of nitrogens with one attached hydrogen (secondary N) is 1. The molecule has 19 heteroatoms. The van der Waals surface area contributed by atoms with E-state index in [1.54, 1.807) is 13.8 Å². The molecule has 16 nitrogen and oxygen atoms in total. The van der Waals surface area contributed by atoms with Crippen LogP contribution in [-0.2, 0) is 57.2 Å². The van der Waals surface area contributed by atoms with Crippen molar-refractivity contribution in [3.05, 3.63) is 23.3 Å². The van der Waals surface area contributed by atoms with E-state index in [0.29, 0.717) is 31.6 Å². The molecule has 0 amide bonds. The third-order valence-corrected chi connectivity index (χ3v) is 34.7. The maximum absolute atomic E-state index is 13.6. The van der Waals surface area contributed by atoms with Crippen molar-refractivity contribution >= 4 is 82.4 Å². The molecule has 2 heterocycles. The van der Waals surface area contributed by atoms with Gasteiger partial charge in [-0.1, -0.05) is 176 Å². The predicted molar refractivity (Wildman–Crippen MR) is 417 cm³/mol. The van der Waals surface area contributed by atoms with Crippen LogP contribution in [0.4, 0.5) is 0 Å². The maximum atomic E-state index is 13.6. The number of aliphatic hydroxyl groups excluding tert-OH is 3. The largest absolute Gasteiger partial charge is 0.456 e. The topological polar surface area (TPSA) is 250 Å². The molecule has 0 aromatic rings. The Morgan fingerprint density at radius 1 is 0.505 bits per heavy atom. The summed E-state index contributed by atoms with van der Waals surface area (Å²) >= 11 is 16.7. The molecule has 30 atom stereocenters. The predicted octanol–water partition coefficient (Wildman–Crippen LogP) is 17.9. The molecule has 604 valence electrons. The van der Waals surface area contributed by atoms with Crippen LogP contribution in [0.5, 0.6) is 0 Å². The SMILES string of the molecule is CC(=O)C1OC(OC(=N)C(Cl)(Cl)Cl)C(C)[C@@H](C)[C@@H]1C.CC(=O)C1O[C@@H](O[C@H]2CCC3(C)C4CC=C5C6CC(C)(C)CC[C@]6(C(C)=O)C(O)C[C@@]5(C)[C@@]4(C)CC[C@H]3[C@@]2(C)C=O)[C@@H](OC(=O)C(C)(C)C)[C@H](C)C1C.CC(=O)[C@]12CCC(C)(C)CC1C1=CCC3C4(C)CC[C@H](O)[C@](C)(C=O)[C@@H]4CC[C@]3(C)[C@]1(C)CC2O. The first-order valence-electron chi connectivity index (χ1n) is 40.9. The van der Waals surface area contributed by atoms with Crippen molar-refractivity contribution in [2.24, 2.45) is 135 Å². The minimum Gasteiger partial charge on any atom is -0.456 e. The van der Waals surface area contributed by atoms with E-state index in [-0.39, 0.29) is 132 Å². The van der Waals surface area contributed by atoms with Crippen molar-refractivity contribution in [3.63, 3.8) is 0 Å². The van der Waals surface area contributed by atoms with Gasteiger partial charge in [0.25, 0.3) is 3.79 Å². The smallest absolute Gasteiger partial charge is 0.311 e. The number of ketones is 4. The second-order valence-electron chi connectivity index (χ2n) is 41.7. The summed E-state index contributed by atoms with van der Waals surface area (Å²) < 4.78 is 28.4. The van der Waals surface area contributed by atoms with E-state index in [1.807, 2.05) is 69.2 Å². The molecule has 10 aliphatic carbocycles. The van der Waals surface area contributed by atoms with Gasteiger partial charge >= 0.3 is 5.97 Å². The van der Waals surface area contributed by atoms with E-state index in [2.05, 4.69) is 81.4 Å². The molecule has 4 N–H and O–H groups in total.